The van der Waals surface area contributed by atoms with Gasteiger partial charge in [0.1, 0.15) is 10.8 Å². The van der Waals surface area contributed by atoms with Crippen molar-refractivity contribution in [2.24, 2.45) is 0 Å². The number of hydrogen-bond acceptors (Lipinski definition) is 3. The third kappa shape index (κ3) is 3.45. The quantitative estimate of drug-likeness (QED) is 0.299. The second-order valence-electron chi connectivity index (χ2n) is 7.51. The van der Waals surface area contributed by atoms with Gasteiger partial charge in [0.2, 0.25) is 0 Å². The zero-order valence-electron chi connectivity index (χ0n) is 16.9. The zero-order chi connectivity index (χ0) is 22.1. The molecule has 32 heavy (non-hydrogen) atoms. The van der Waals surface area contributed by atoms with Crippen molar-refractivity contribution in [3.05, 3.63) is 130 Å². The van der Waals surface area contributed by atoms with Gasteiger partial charge in [-0.3, -0.25) is 4.98 Å². The van der Waals surface area contributed by atoms with Crippen molar-refractivity contribution in [2.45, 2.75) is 5.60 Å². The Morgan fingerprint density at radius 3 is 2.09 bits per heavy atom. The Hall–Kier alpha value is -3.24. The van der Waals surface area contributed by atoms with Crippen molar-refractivity contribution in [3.8, 4) is 11.1 Å². The zero-order valence-corrected chi connectivity index (χ0v) is 18.4. The van der Waals surface area contributed by atoms with Gasteiger partial charge in [0.25, 0.3) is 0 Å². The van der Waals surface area contributed by atoms with E-state index in [2.05, 4.69) is 9.97 Å². The molecule has 0 fully saturated rings. The maximum Gasteiger partial charge on any atom is 0.142 e. The van der Waals surface area contributed by atoms with Crippen molar-refractivity contribution < 1.29 is 5.11 Å². The minimum absolute atomic E-state index is 0.340. The van der Waals surface area contributed by atoms with Crippen LogP contribution in [-0.2, 0) is 5.60 Å². The average molecular weight is 457 g/mol. The maximum absolute atomic E-state index is 12.1. The Balaban J connectivity index is 1.78. The molecule has 0 radical (unpaired) electrons. The minimum Gasteiger partial charge on any atom is -0.376 e. The molecule has 0 aliphatic carbocycles. The monoisotopic (exact) mass is 456 g/mol. The fourth-order valence-corrected chi connectivity index (χ4v) is 4.72. The molecule has 3 aromatic carbocycles. The fraction of sp³-hybridized carbons (Fsp3) is 0.0370. The smallest absolute Gasteiger partial charge is 0.142 e. The van der Waals surface area contributed by atoms with Gasteiger partial charge in [-0.2, -0.15) is 0 Å². The van der Waals surface area contributed by atoms with Crippen molar-refractivity contribution in [1.29, 1.82) is 0 Å². The molecule has 5 heteroatoms. The van der Waals surface area contributed by atoms with Crippen LogP contribution in [0.3, 0.4) is 0 Å². The molecule has 2 heterocycles. The van der Waals surface area contributed by atoms with Crippen LogP contribution < -0.4 is 0 Å². The first-order valence-electron chi connectivity index (χ1n) is 10.1. The predicted molar refractivity (Wildman–Crippen MR) is 130 cm³/mol. The first-order valence-corrected chi connectivity index (χ1v) is 10.9. The molecule has 2 aromatic heterocycles. The summed E-state index contributed by atoms with van der Waals surface area (Å²) in [4.78, 5) is 8.80. The summed E-state index contributed by atoms with van der Waals surface area (Å²) in [7, 11) is 0. The van der Waals surface area contributed by atoms with E-state index in [0.29, 0.717) is 37.8 Å². The third-order valence-electron chi connectivity index (χ3n) is 5.63. The predicted octanol–water partition coefficient (Wildman–Crippen LogP) is 6.89. The average Bonchev–Trinajstić information content (AvgIpc) is 2.85. The second kappa shape index (κ2) is 8.36. The highest BCUT2D eigenvalue weighted by molar-refractivity contribution is 6.42. The molecular formula is C27H18Cl2N2O. The number of hydrogen-bond donors (Lipinski definition) is 1. The van der Waals surface area contributed by atoms with Crippen LogP contribution in [0.15, 0.2) is 103 Å². The summed E-state index contributed by atoms with van der Waals surface area (Å²) in [6.07, 6.45) is 3.36. The maximum atomic E-state index is 12.1. The molecule has 0 amide bonds. The molecular weight excluding hydrogens is 439 g/mol. The lowest BCUT2D eigenvalue weighted by molar-refractivity contribution is 0.125. The van der Waals surface area contributed by atoms with Crippen molar-refractivity contribution in [3.63, 3.8) is 0 Å². The largest absolute Gasteiger partial charge is 0.376 e. The number of aliphatic hydroxyl groups is 1. The molecule has 0 aliphatic rings. The second-order valence-corrected chi connectivity index (χ2v) is 8.24. The highest BCUT2D eigenvalue weighted by Gasteiger charge is 2.34. The van der Waals surface area contributed by atoms with Crippen molar-refractivity contribution in [2.75, 3.05) is 0 Å². The molecule has 5 aromatic rings. The van der Waals surface area contributed by atoms with Gasteiger partial charge in [0.15, 0.2) is 0 Å². The van der Waals surface area contributed by atoms with E-state index in [9.17, 15) is 5.11 Å². The van der Waals surface area contributed by atoms with Crippen LogP contribution in [0.5, 0.6) is 0 Å². The molecule has 5 rings (SSSR count). The summed E-state index contributed by atoms with van der Waals surface area (Å²) < 4.78 is 0. The van der Waals surface area contributed by atoms with E-state index in [0.717, 1.165) is 11.1 Å². The van der Waals surface area contributed by atoms with Gasteiger partial charge in [-0.05, 0) is 34.9 Å². The summed E-state index contributed by atoms with van der Waals surface area (Å²) in [6, 6.07) is 28.4. The standard InChI is InChI=1S/C27H18Cl2N2O/c28-25-22-16-20(13-14-23(22)31-26(29)24(25)18-8-3-1-4-9-18)27(32,19-10-5-2-6-11-19)21-12-7-15-30-17-21/h1-17,32H. The van der Waals surface area contributed by atoms with Crippen LogP contribution in [0.25, 0.3) is 22.0 Å². The highest BCUT2D eigenvalue weighted by Crippen LogP contribution is 2.42. The molecule has 0 bridgehead atoms. The molecule has 3 nitrogen and oxygen atoms in total. The van der Waals surface area contributed by atoms with E-state index < -0.39 is 5.60 Å². The van der Waals surface area contributed by atoms with E-state index >= 15 is 0 Å². The highest BCUT2D eigenvalue weighted by atomic mass is 35.5. The van der Waals surface area contributed by atoms with Gasteiger partial charge in [-0.1, -0.05) is 96.0 Å². The van der Waals surface area contributed by atoms with Crippen molar-refractivity contribution >= 4 is 34.1 Å². The summed E-state index contributed by atoms with van der Waals surface area (Å²) in [6.45, 7) is 0. The molecule has 1 N–H and O–H groups in total. The summed E-state index contributed by atoms with van der Waals surface area (Å²) in [5.74, 6) is 0. The molecule has 0 spiro atoms. The summed E-state index contributed by atoms with van der Waals surface area (Å²) >= 11 is 13.4. The lowest BCUT2D eigenvalue weighted by Crippen LogP contribution is -2.29. The summed E-state index contributed by atoms with van der Waals surface area (Å²) in [5, 5.41) is 13.6. The number of rotatable bonds is 4. The number of halogens is 2. The molecule has 0 saturated heterocycles. The number of benzene rings is 3. The van der Waals surface area contributed by atoms with Gasteiger partial charge in [0.05, 0.1) is 10.5 Å². The number of pyridine rings is 2. The van der Waals surface area contributed by atoms with Crippen LogP contribution in [0.4, 0.5) is 0 Å². The van der Waals surface area contributed by atoms with E-state index in [4.69, 9.17) is 23.2 Å². The SMILES string of the molecule is OC(c1ccccc1)(c1cccnc1)c1ccc2nc(Cl)c(-c3ccccc3)c(Cl)c2c1. The Bertz CT molecular complexity index is 1350. The number of aromatic nitrogens is 2. The number of fused-ring (bicyclic) bond motifs is 1. The van der Waals surface area contributed by atoms with Crippen molar-refractivity contribution in [1.82, 2.24) is 9.97 Å². The first kappa shape index (κ1) is 20.7. The van der Waals surface area contributed by atoms with Crippen LogP contribution in [-0.4, -0.2) is 15.1 Å². The fourth-order valence-electron chi connectivity index (χ4n) is 4.03. The molecule has 1 atom stereocenters. The van der Waals surface area contributed by atoms with E-state index in [-0.39, 0.29) is 0 Å². The summed E-state index contributed by atoms with van der Waals surface area (Å²) in [5.41, 5.74) is 2.84. The third-order valence-corrected chi connectivity index (χ3v) is 6.29. The van der Waals surface area contributed by atoms with Crippen LogP contribution in [0, 0.1) is 0 Å². The lowest BCUT2D eigenvalue weighted by Gasteiger charge is -2.30. The Kier molecular flexibility index (Phi) is 5.40. The molecule has 0 aliphatic heterocycles. The van der Waals surface area contributed by atoms with E-state index in [1.54, 1.807) is 12.4 Å². The van der Waals surface area contributed by atoms with Gasteiger partial charge >= 0.3 is 0 Å². The Morgan fingerprint density at radius 2 is 1.41 bits per heavy atom. The molecule has 0 saturated carbocycles. The van der Waals surface area contributed by atoms with Crippen LogP contribution in [0.2, 0.25) is 10.2 Å². The normalized spacial score (nSPS) is 13.1. The first-order chi connectivity index (χ1) is 15.6. The lowest BCUT2D eigenvalue weighted by atomic mass is 9.80. The van der Waals surface area contributed by atoms with Crippen LogP contribution in [0.1, 0.15) is 16.7 Å². The Labute approximate surface area is 195 Å². The van der Waals surface area contributed by atoms with Gasteiger partial charge in [-0.15, -0.1) is 0 Å². The number of nitrogens with zero attached hydrogens (tertiary/aromatic N) is 2. The van der Waals surface area contributed by atoms with Gasteiger partial charge in [-0.25, -0.2) is 4.98 Å². The van der Waals surface area contributed by atoms with Gasteiger partial charge < -0.3 is 5.11 Å². The van der Waals surface area contributed by atoms with E-state index in [1.165, 1.54) is 0 Å². The minimum atomic E-state index is -1.42. The molecule has 1 unspecified atom stereocenters. The van der Waals surface area contributed by atoms with E-state index in [1.807, 2.05) is 91.0 Å². The van der Waals surface area contributed by atoms with Gasteiger partial charge in [0, 0.05) is 28.9 Å². The Morgan fingerprint density at radius 1 is 0.719 bits per heavy atom. The van der Waals surface area contributed by atoms with Crippen LogP contribution >= 0.6 is 23.2 Å². The topological polar surface area (TPSA) is 46.0 Å². The molecule has 156 valence electrons.